The first-order valence-corrected chi connectivity index (χ1v) is 12.4. The summed E-state index contributed by atoms with van der Waals surface area (Å²) in [5.41, 5.74) is 2.07. The number of rotatable bonds is 7. The number of benzene rings is 3. The first-order valence-electron chi connectivity index (χ1n) is 11.6. The van der Waals surface area contributed by atoms with E-state index in [-0.39, 0.29) is 17.6 Å². The summed E-state index contributed by atoms with van der Waals surface area (Å²) in [5.74, 6) is -2.73. The monoisotopic (exact) mass is 521 g/mol. The van der Waals surface area contributed by atoms with Gasteiger partial charge in [0, 0.05) is 15.6 Å². The number of esters is 2. The number of halogens is 2. The van der Waals surface area contributed by atoms with Crippen LogP contribution < -0.4 is 10.1 Å². The molecule has 0 saturated carbocycles. The molecule has 1 saturated heterocycles. The van der Waals surface area contributed by atoms with Crippen LogP contribution in [0.4, 0.5) is 8.78 Å². The van der Waals surface area contributed by atoms with Crippen LogP contribution in [0.5, 0.6) is 5.75 Å². The van der Waals surface area contributed by atoms with Crippen molar-refractivity contribution < 1.29 is 32.6 Å². The highest BCUT2D eigenvalue weighted by molar-refractivity contribution is 7.21. The lowest BCUT2D eigenvalue weighted by atomic mass is 10.0. The highest BCUT2D eigenvalue weighted by atomic mass is 32.1. The number of thiophene rings is 1. The number of fused-ring (bicyclic) bond motifs is 1. The molecule has 0 aliphatic carbocycles. The molecular formula is C28H21F2NO5S. The number of ether oxygens (including phenoxy) is 2. The zero-order chi connectivity index (χ0) is 25.9. The zero-order valence-electron chi connectivity index (χ0n) is 19.5. The third-order valence-corrected chi connectivity index (χ3v) is 7.19. The highest BCUT2D eigenvalue weighted by Crippen LogP contribution is 2.37. The lowest BCUT2D eigenvalue weighted by Gasteiger charge is -2.11. The van der Waals surface area contributed by atoms with Gasteiger partial charge < -0.3 is 14.8 Å². The summed E-state index contributed by atoms with van der Waals surface area (Å²) in [6.07, 6.45) is 2.12. The van der Waals surface area contributed by atoms with Gasteiger partial charge in [-0.25, -0.2) is 18.4 Å². The molecule has 37 heavy (non-hydrogen) atoms. The lowest BCUT2D eigenvalue weighted by molar-refractivity contribution is -0.139. The van der Waals surface area contributed by atoms with Crippen LogP contribution in [0.25, 0.3) is 21.2 Å². The Bertz CT molecular complexity index is 1490. The van der Waals surface area contributed by atoms with Gasteiger partial charge in [-0.1, -0.05) is 24.3 Å². The number of hydrogen-bond acceptors (Lipinski definition) is 7. The van der Waals surface area contributed by atoms with Crippen molar-refractivity contribution in [2.75, 3.05) is 6.54 Å². The van der Waals surface area contributed by atoms with Gasteiger partial charge in [0.05, 0.1) is 10.4 Å². The van der Waals surface area contributed by atoms with Gasteiger partial charge in [-0.2, -0.15) is 0 Å². The van der Waals surface area contributed by atoms with Crippen molar-refractivity contribution in [2.24, 2.45) is 0 Å². The Morgan fingerprint density at radius 1 is 1.08 bits per heavy atom. The summed E-state index contributed by atoms with van der Waals surface area (Å²) in [7, 11) is 0. The molecule has 9 heteroatoms. The minimum absolute atomic E-state index is 0.0713. The van der Waals surface area contributed by atoms with Crippen LogP contribution in [0.2, 0.25) is 0 Å². The smallest absolute Gasteiger partial charge is 0.345 e. The number of aldehydes is 1. The highest BCUT2D eigenvalue weighted by Gasteiger charge is 2.26. The first-order chi connectivity index (χ1) is 17.9. The van der Waals surface area contributed by atoms with E-state index in [1.807, 2.05) is 0 Å². The number of carbonyl (C=O) groups excluding carboxylic acids is 3. The molecular weight excluding hydrogens is 500 g/mol. The van der Waals surface area contributed by atoms with Gasteiger partial charge in [-0.05, 0) is 66.9 Å². The maximum absolute atomic E-state index is 14.2. The molecule has 4 aromatic rings. The van der Waals surface area contributed by atoms with E-state index >= 15 is 0 Å². The van der Waals surface area contributed by atoms with Gasteiger partial charge in [0.25, 0.3) is 0 Å². The molecule has 1 aliphatic rings. The van der Waals surface area contributed by atoms with Crippen molar-refractivity contribution >= 4 is 39.6 Å². The summed E-state index contributed by atoms with van der Waals surface area (Å²) in [6, 6.07) is 15.5. The van der Waals surface area contributed by atoms with Crippen LogP contribution in [0.1, 0.15) is 38.4 Å². The Labute approximate surface area is 214 Å². The summed E-state index contributed by atoms with van der Waals surface area (Å²) in [4.78, 5) is 35.9. The van der Waals surface area contributed by atoms with Crippen molar-refractivity contribution in [3.8, 4) is 16.9 Å². The number of hydrogen-bond donors (Lipinski definition) is 1. The van der Waals surface area contributed by atoms with Gasteiger partial charge in [0.1, 0.15) is 18.4 Å². The van der Waals surface area contributed by atoms with Gasteiger partial charge in [0.2, 0.25) is 0 Å². The van der Waals surface area contributed by atoms with Crippen LogP contribution in [-0.2, 0) is 16.1 Å². The second-order valence-electron chi connectivity index (χ2n) is 8.60. The maximum atomic E-state index is 14.2. The second kappa shape index (κ2) is 10.6. The van der Waals surface area contributed by atoms with E-state index in [1.54, 1.807) is 48.5 Å². The van der Waals surface area contributed by atoms with Crippen molar-refractivity contribution in [2.45, 2.75) is 25.5 Å². The fraction of sp³-hybridized carbons (Fsp3) is 0.179. The Balaban J connectivity index is 1.27. The largest absolute Gasteiger partial charge is 0.489 e. The molecule has 0 amide bonds. The minimum atomic E-state index is -0.988. The van der Waals surface area contributed by atoms with Gasteiger partial charge in [-0.3, -0.25) is 4.79 Å². The third kappa shape index (κ3) is 5.28. The van der Waals surface area contributed by atoms with Gasteiger partial charge in [-0.15, -0.1) is 11.3 Å². The van der Waals surface area contributed by atoms with Crippen molar-refractivity contribution in [3.05, 3.63) is 88.3 Å². The lowest BCUT2D eigenvalue weighted by Crippen LogP contribution is -2.33. The molecule has 0 unspecified atom stereocenters. The van der Waals surface area contributed by atoms with Gasteiger partial charge >= 0.3 is 11.9 Å². The topological polar surface area (TPSA) is 81.7 Å². The third-order valence-electron chi connectivity index (χ3n) is 6.10. The number of nitrogens with one attached hydrogen (secondary N) is 1. The molecule has 5 rings (SSSR count). The fourth-order valence-corrected chi connectivity index (χ4v) is 5.23. The molecule has 0 spiro atoms. The van der Waals surface area contributed by atoms with E-state index in [2.05, 4.69) is 5.32 Å². The average molecular weight is 522 g/mol. The van der Waals surface area contributed by atoms with Crippen LogP contribution in [0, 0.1) is 11.6 Å². The van der Waals surface area contributed by atoms with E-state index in [0.717, 1.165) is 30.4 Å². The summed E-state index contributed by atoms with van der Waals surface area (Å²) in [5, 5.41) is 3.07. The molecule has 1 aliphatic heterocycles. The summed E-state index contributed by atoms with van der Waals surface area (Å²) in [6.45, 7) is 0.879. The summed E-state index contributed by atoms with van der Waals surface area (Å²) >= 11 is 1.10. The second-order valence-corrected chi connectivity index (χ2v) is 9.68. The molecule has 0 radical (unpaired) electrons. The van der Waals surface area contributed by atoms with E-state index in [4.69, 9.17) is 9.47 Å². The predicted octanol–water partition coefficient (Wildman–Crippen LogP) is 5.67. The summed E-state index contributed by atoms with van der Waals surface area (Å²) < 4.78 is 39.7. The predicted molar refractivity (Wildman–Crippen MR) is 135 cm³/mol. The Morgan fingerprint density at radius 3 is 2.62 bits per heavy atom. The number of carbonyl (C=O) groups is 3. The quantitative estimate of drug-likeness (QED) is 0.192. The fourth-order valence-electron chi connectivity index (χ4n) is 4.22. The van der Waals surface area contributed by atoms with Crippen LogP contribution in [-0.4, -0.2) is 30.8 Å². The van der Waals surface area contributed by atoms with Crippen molar-refractivity contribution in [1.82, 2.24) is 5.32 Å². The zero-order valence-corrected chi connectivity index (χ0v) is 20.3. The van der Waals surface area contributed by atoms with E-state index in [9.17, 15) is 23.2 Å². The van der Waals surface area contributed by atoms with E-state index in [0.29, 0.717) is 44.7 Å². The molecule has 6 nitrogen and oxygen atoms in total. The molecule has 1 atom stereocenters. The maximum Gasteiger partial charge on any atom is 0.345 e. The molecule has 1 N–H and O–H groups in total. The van der Waals surface area contributed by atoms with E-state index < -0.39 is 29.6 Å². The molecule has 1 aromatic heterocycles. The molecule has 0 bridgehead atoms. The Morgan fingerprint density at radius 2 is 1.89 bits per heavy atom. The molecule has 1 fully saturated rings. The Kier molecular flexibility index (Phi) is 7.07. The van der Waals surface area contributed by atoms with Crippen LogP contribution in [0.15, 0.2) is 60.7 Å². The minimum Gasteiger partial charge on any atom is -0.489 e. The standard InChI is InChI=1S/C28H21F2NO5S/c29-23-13-21(26-22(25(23)30)12-20(14-32)37-26)17-6-8-19(9-7-17)35-15-16-3-1-4-18(11-16)27(33)36-28(34)24-5-2-10-31-24/h1,3-4,6-9,11-14,24,31H,2,5,10,15H2/t24-/m0/s1. The van der Waals surface area contributed by atoms with Gasteiger partial charge in [0.15, 0.2) is 17.9 Å². The SMILES string of the molecule is O=Cc1cc2c(F)c(F)cc(-c3ccc(OCc4cccc(C(=O)OC(=O)[C@@H]5CCCN5)c4)cc3)c2s1. The Hall–Kier alpha value is -3.95. The first kappa shape index (κ1) is 24.7. The normalized spacial score (nSPS) is 15.0. The van der Waals surface area contributed by atoms with Crippen molar-refractivity contribution in [1.29, 1.82) is 0 Å². The molecule has 2 heterocycles. The molecule has 3 aromatic carbocycles. The molecule has 188 valence electrons. The van der Waals surface area contributed by atoms with Crippen LogP contribution in [0.3, 0.4) is 0 Å². The van der Waals surface area contributed by atoms with Crippen LogP contribution >= 0.6 is 11.3 Å². The average Bonchev–Trinajstić information content (AvgIpc) is 3.61. The van der Waals surface area contributed by atoms with E-state index in [1.165, 1.54) is 6.07 Å². The van der Waals surface area contributed by atoms with Crippen molar-refractivity contribution in [3.63, 3.8) is 0 Å².